The summed E-state index contributed by atoms with van der Waals surface area (Å²) in [6, 6.07) is 4.51. The maximum atomic E-state index is 14.7. The Bertz CT molecular complexity index is 2960. The predicted molar refractivity (Wildman–Crippen MR) is 356 cm³/mol. The van der Waals surface area contributed by atoms with Crippen molar-refractivity contribution in [3.63, 3.8) is 0 Å². The maximum absolute atomic E-state index is 14.7. The van der Waals surface area contributed by atoms with Gasteiger partial charge in [0.1, 0.15) is 54.4 Å². The number of hydrogen-bond donors (Lipinski definition) is 15. The average molecular weight is 1350 g/mol. The quantitative estimate of drug-likeness (QED) is 0.0173. The molecule has 2 aliphatic rings. The molecule has 4 rings (SSSR count). The van der Waals surface area contributed by atoms with Gasteiger partial charge in [0.15, 0.2) is 5.96 Å². The molecule has 2 aliphatic heterocycles. The summed E-state index contributed by atoms with van der Waals surface area (Å²) in [7, 11) is 0. The topological polar surface area (TPSA) is 519 Å². The van der Waals surface area contributed by atoms with E-state index < -0.39 is 169 Å². The Morgan fingerprint density at radius 1 is 0.537 bits per heavy atom. The first-order valence-corrected chi connectivity index (χ1v) is 33.6. The highest BCUT2D eigenvalue weighted by atomic mass is 32.2. The van der Waals surface area contributed by atoms with Crippen LogP contribution in [0, 0.1) is 5.92 Å². The summed E-state index contributed by atoms with van der Waals surface area (Å²) in [5, 5.41) is 21.1. The van der Waals surface area contributed by atoms with Crippen molar-refractivity contribution in [1.82, 2.24) is 52.3 Å². The van der Waals surface area contributed by atoms with Gasteiger partial charge in [0.25, 0.3) is 0 Å². The molecule has 95 heavy (non-hydrogen) atoms. The SMILES string of the molecule is CSCC[C@H](NC(=O)[C@@H](CC(C)C)NC(=O)CNC(=O)[C@H](Cc1ccccc1)NC(=O)[C@@H](Cc1ccccc1)NC(=O)[C@H](CCC(N)=O)NC(=O)[C@H](CCC(N)=O)NC(=O)[C@@H]1CCCN1C(=O)[C@@H](CCCCN)NC(=O)[C@H]1CCCN1C(=O)[C@H](N)CCCN=C(N)N)C(N)=O. The van der Waals surface area contributed by atoms with Crippen LogP contribution in [-0.2, 0) is 75.2 Å². The maximum Gasteiger partial charge on any atom is 0.245 e. The standard InChI is InChI=1S/C63H98N18O13S/c1-37(2)33-45(57(89)74-41(53(68)85)27-32-95-3)73-52(84)36-72-54(86)46(34-38-15-6-4-7-16-38)78-58(90)47(35-39-17-8-5-9-18-39)79-56(88)42(23-25-50(66)82)75-55(87)43(24-26-51(67)83)76-59(91)49-22-14-31-81(49)62(94)44(20-10-11-28-64)77-60(92)48-21-13-30-80(48)61(93)40(65)19-12-29-71-63(69)70/h4-9,15-18,37,40-49H,10-14,19-36,64-65H2,1-3H3,(H2,66,82)(H2,67,83)(H2,68,85)(H,72,86)(H,73,84)(H,74,89)(H,75,87)(H,76,91)(H,77,92)(H,78,90)(H,79,88)(H4,69,70,71)/t40-,41+,42+,43+,44-,45-,46+,47-,48-,49+/m1/s1. The van der Waals surface area contributed by atoms with Crippen LogP contribution in [0.5, 0.6) is 0 Å². The van der Waals surface area contributed by atoms with Gasteiger partial charge in [0.2, 0.25) is 76.8 Å². The number of nitrogens with zero attached hydrogens (tertiary/aromatic N) is 3. The van der Waals surface area contributed by atoms with E-state index in [1.165, 1.54) is 21.6 Å². The summed E-state index contributed by atoms with van der Waals surface area (Å²) in [5.41, 5.74) is 40.6. The second kappa shape index (κ2) is 41.0. The number of carbonyl (C=O) groups is 13. The fourth-order valence-corrected chi connectivity index (χ4v) is 11.5. The van der Waals surface area contributed by atoms with E-state index in [1.54, 1.807) is 60.7 Å². The highest BCUT2D eigenvalue weighted by Crippen LogP contribution is 2.24. The molecule has 0 radical (unpaired) electrons. The third-order valence-corrected chi connectivity index (χ3v) is 16.7. The van der Waals surface area contributed by atoms with Crippen molar-refractivity contribution >= 4 is 94.5 Å². The van der Waals surface area contributed by atoms with Crippen molar-refractivity contribution in [3.05, 3.63) is 71.8 Å². The number of nitrogens with two attached hydrogens (primary N) is 7. The number of amides is 13. The molecular formula is C63H98N18O13S. The van der Waals surface area contributed by atoms with E-state index >= 15 is 0 Å². The lowest BCUT2D eigenvalue weighted by Crippen LogP contribution is -2.60. The number of carbonyl (C=O) groups excluding carboxylic acids is 13. The molecule has 2 saturated heterocycles. The molecule has 2 fully saturated rings. The van der Waals surface area contributed by atoms with Gasteiger partial charge >= 0.3 is 0 Å². The van der Waals surface area contributed by atoms with E-state index in [4.69, 9.17) is 40.1 Å². The lowest BCUT2D eigenvalue weighted by molar-refractivity contribution is -0.144. The summed E-state index contributed by atoms with van der Waals surface area (Å²) in [4.78, 5) is 185. The van der Waals surface area contributed by atoms with E-state index in [0.717, 1.165) is 0 Å². The number of aliphatic imine (C=N–C) groups is 1. The molecule has 524 valence electrons. The van der Waals surface area contributed by atoms with Crippen molar-refractivity contribution in [2.75, 3.05) is 44.7 Å². The van der Waals surface area contributed by atoms with Gasteiger partial charge in [-0.2, -0.15) is 11.8 Å². The molecule has 2 aromatic rings. The van der Waals surface area contributed by atoms with Gasteiger partial charge in [-0.25, -0.2) is 0 Å². The lowest BCUT2D eigenvalue weighted by atomic mass is 10.0. The van der Waals surface area contributed by atoms with Crippen molar-refractivity contribution in [1.29, 1.82) is 0 Å². The zero-order valence-electron chi connectivity index (χ0n) is 54.5. The van der Waals surface area contributed by atoms with Gasteiger partial charge in [0.05, 0.1) is 12.6 Å². The summed E-state index contributed by atoms with van der Waals surface area (Å²) in [6.07, 6.45) is 3.12. The van der Waals surface area contributed by atoms with E-state index in [2.05, 4.69) is 47.5 Å². The van der Waals surface area contributed by atoms with Gasteiger partial charge in [-0.3, -0.25) is 67.3 Å². The lowest BCUT2D eigenvalue weighted by Gasteiger charge is -2.32. The monoisotopic (exact) mass is 1350 g/mol. The van der Waals surface area contributed by atoms with Crippen LogP contribution in [0.3, 0.4) is 0 Å². The highest BCUT2D eigenvalue weighted by Gasteiger charge is 2.42. The van der Waals surface area contributed by atoms with E-state index in [0.29, 0.717) is 55.4 Å². The van der Waals surface area contributed by atoms with Gasteiger partial charge in [-0.05, 0) is 119 Å². The largest absolute Gasteiger partial charge is 0.370 e. The number of benzene rings is 2. The van der Waals surface area contributed by atoms with E-state index in [1.807, 2.05) is 20.1 Å². The van der Waals surface area contributed by atoms with Crippen molar-refractivity contribution in [3.8, 4) is 0 Å². The van der Waals surface area contributed by atoms with Crippen molar-refractivity contribution in [2.24, 2.45) is 51.0 Å². The zero-order chi connectivity index (χ0) is 70.1. The number of thioether (sulfide) groups is 1. The number of guanidine groups is 1. The van der Waals surface area contributed by atoms with Gasteiger partial charge < -0.3 is 92.5 Å². The number of hydrogen-bond acceptors (Lipinski definition) is 17. The third kappa shape index (κ3) is 27.5. The van der Waals surface area contributed by atoms with Crippen LogP contribution in [0.4, 0.5) is 0 Å². The Balaban J connectivity index is 1.56. The van der Waals surface area contributed by atoms with Crippen molar-refractivity contribution in [2.45, 2.75) is 183 Å². The van der Waals surface area contributed by atoms with Crippen LogP contribution < -0.4 is 82.7 Å². The Kier molecular flexibility index (Phi) is 33.9. The second-order valence-corrected chi connectivity index (χ2v) is 25.1. The molecular weight excluding hydrogens is 1250 g/mol. The Labute approximate surface area is 558 Å². The predicted octanol–water partition coefficient (Wildman–Crippen LogP) is -3.71. The van der Waals surface area contributed by atoms with Crippen LogP contribution in [0.2, 0.25) is 0 Å². The molecule has 2 aromatic carbocycles. The van der Waals surface area contributed by atoms with Gasteiger partial charge in [0, 0.05) is 45.3 Å². The minimum absolute atomic E-state index is 0.0736. The van der Waals surface area contributed by atoms with E-state index in [9.17, 15) is 62.3 Å². The number of rotatable bonds is 42. The molecule has 0 bridgehead atoms. The smallest absolute Gasteiger partial charge is 0.245 e. The van der Waals surface area contributed by atoms with Crippen LogP contribution >= 0.6 is 11.8 Å². The molecule has 13 amide bonds. The minimum atomic E-state index is -1.64. The Morgan fingerprint density at radius 2 is 1.01 bits per heavy atom. The molecule has 0 aromatic heterocycles. The van der Waals surface area contributed by atoms with Gasteiger partial charge in [-0.15, -0.1) is 0 Å². The van der Waals surface area contributed by atoms with Crippen LogP contribution in [-0.4, -0.2) is 198 Å². The van der Waals surface area contributed by atoms with Gasteiger partial charge in [-0.1, -0.05) is 74.5 Å². The van der Waals surface area contributed by atoms with E-state index in [-0.39, 0.29) is 83.0 Å². The molecule has 0 saturated carbocycles. The molecule has 0 aliphatic carbocycles. The number of likely N-dealkylation sites (tertiary alicyclic amines) is 2. The van der Waals surface area contributed by atoms with Crippen molar-refractivity contribution < 1.29 is 62.3 Å². The third-order valence-electron chi connectivity index (χ3n) is 16.0. The molecule has 22 N–H and O–H groups in total. The number of nitrogens with one attached hydrogen (secondary N) is 8. The fraction of sp³-hybridized carbons (Fsp3) is 0.587. The molecule has 10 atom stereocenters. The number of primary amides is 3. The van der Waals surface area contributed by atoms with Crippen LogP contribution in [0.15, 0.2) is 65.7 Å². The Morgan fingerprint density at radius 3 is 1.51 bits per heavy atom. The summed E-state index contributed by atoms with van der Waals surface area (Å²) < 4.78 is 0. The molecule has 2 heterocycles. The van der Waals surface area contributed by atoms with Crippen LogP contribution in [0.1, 0.15) is 121 Å². The first-order valence-electron chi connectivity index (χ1n) is 32.2. The fourth-order valence-electron chi connectivity index (χ4n) is 11.0. The highest BCUT2D eigenvalue weighted by molar-refractivity contribution is 7.98. The molecule has 31 nitrogen and oxygen atoms in total. The first kappa shape index (κ1) is 78.5. The molecule has 0 unspecified atom stereocenters. The normalized spacial score (nSPS) is 16.8. The molecule has 32 heteroatoms. The summed E-state index contributed by atoms with van der Waals surface area (Å²) in [6.45, 7) is 3.86. The second-order valence-electron chi connectivity index (χ2n) is 24.1. The summed E-state index contributed by atoms with van der Waals surface area (Å²) >= 11 is 1.45. The zero-order valence-corrected chi connectivity index (χ0v) is 55.3. The minimum Gasteiger partial charge on any atom is -0.370 e. The average Bonchev–Trinajstić information content (AvgIpc) is 1.74. The summed E-state index contributed by atoms with van der Waals surface area (Å²) in [5.74, 6) is -9.80. The molecule has 0 spiro atoms. The Hall–Kier alpha value is -8.91. The number of unbranched alkanes of at least 4 members (excludes halogenated alkanes) is 1. The first-order chi connectivity index (χ1) is 45.2. The van der Waals surface area contributed by atoms with Crippen LogP contribution in [0.25, 0.3) is 0 Å².